The topological polar surface area (TPSA) is 126 Å². The van der Waals surface area contributed by atoms with Crippen molar-refractivity contribution in [1.82, 2.24) is 4.91 Å². The van der Waals surface area contributed by atoms with Gasteiger partial charge in [0.15, 0.2) is 17.0 Å². The van der Waals surface area contributed by atoms with Gasteiger partial charge in [-0.25, -0.2) is 4.99 Å². The molecule has 0 saturated carbocycles. The van der Waals surface area contributed by atoms with E-state index in [9.17, 15) is 0 Å². The minimum Gasteiger partial charge on any atom is -0.385 e. The molecule has 1 unspecified atom stereocenters. The van der Waals surface area contributed by atoms with Crippen LogP contribution in [0.3, 0.4) is 0 Å². The number of nitrogens with two attached hydrogens (primary N) is 1. The fourth-order valence-electron chi connectivity index (χ4n) is 0.989. The SMILES string of the molecule is N=[N+]=NC1=NC2=NC=NC2C(N)=N1. The van der Waals surface area contributed by atoms with E-state index in [0.29, 0.717) is 5.84 Å². The zero-order valence-corrected chi connectivity index (χ0v) is 6.42. The third kappa shape index (κ3) is 1.14. The molecule has 0 aromatic carbocycles. The van der Waals surface area contributed by atoms with E-state index in [1.54, 1.807) is 0 Å². The van der Waals surface area contributed by atoms with Gasteiger partial charge in [-0.3, -0.25) is 4.99 Å². The van der Waals surface area contributed by atoms with E-state index >= 15 is 0 Å². The predicted molar refractivity (Wildman–Crippen MR) is 46.1 cm³/mol. The average Bonchev–Trinajstić information content (AvgIpc) is 2.53. The van der Waals surface area contributed by atoms with Crippen LogP contribution in [0.15, 0.2) is 25.1 Å². The number of hydrogen-bond acceptors (Lipinski definition) is 7. The molecule has 8 heteroatoms. The molecule has 0 radical (unpaired) electrons. The van der Waals surface area contributed by atoms with Crippen LogP contribution < -0.4 is 10.6 Å². The molecule has 3 N–H and O–H groups in total. The molecule has 2 heterocycles. The molecule has 0 amide bonds. The summed E-state index contributed by atoms with van der Waals surface area (Å²) < 4.78 is 0. The number of amidine groups is 2. The van der Waals surface area contributed by atoms with Crippen LogP contribution in [0.1, 0.15) is 0 Å². The molecule has 0 bridgehead atoms. The van der Waals surface area contributed by atoms with Crippen LogP contribution in [-0.4, -0.2) is 30.0 Å². The lowest BCUT2D eigenvalue weighted by molar-refractivity contribution is 0.994. The first-order valence-corrected chi connectivity index (χ1v) is 3.41. The summed E-state index contributed by atoms with van der Waals surface area (Å²) in [5.41, 5.74) is 12.0. The van der Waals surface area contributed by atoms with E-state index in [1.807, 2.05) is 0 Å². The molecule has 1 atom stereocenters. The molecule has 2 aliphatic heterocycles. The van der Waals surface area contributed by atoms with Crippen molar-refractivity contribution in [3.8, 4) is 0 Å². The molecule has 8 nitrogen and oxygen atoms in total. The van der Waals surface area contributed by atoms with Crippen molar-refractivity contribution in [3.63, 3.8) is 0 Å². The largest absolute Gasteiger partial charge is 0.385 e. The van der Waals surface area contributed by atoms with E-state index in [4.69, 9.17) is 11.3 Å². The second-order valence-corrected chi connectivity index (χ2v) is 2.30. The normalized spacial score (nSPS) is 24.0. The van der Waals surface area contributed by atoms with Crippen LogP contribution in [0.25, 0.3) is 0 Å². The second kappa shape index (κ2) is 2.68. The molecular weight excluding hydrogens is 172 g/mol. The van der Waals surface area contributed by atoms with E-state index in [1.165, 1.54) is 6.34 Å². The van der Waals surface area contributed by atoms with Crippen molar-refractivity contribution in [2.45, 2.75) is 6.04 Å². The third-order valence-corrected chi connectivity index (χ3v) is 1.51. The van der Waals surface area contributed by atoms with Crippen molar-refractivity contribution in [2.24, 2.45) is 30.8 Å². The number of guanidine groups is 1. The number of hydrogen-bond donors (Lipinski definition) is 2. The maximum atomic E-state index is 6.49. The lowest BCUT2D eigenvalue weighted by Gasteiger charge is -2.09. The van der Waals surface area contributed by atoms with Gasteiger partial charge in [0.25, 0.3) is 0 Å². The van der Waals surface area contributed by atoms with Crippen molar-refractivity contribution in [3.05, 3.63) is 0 Å². The molecular formula is C5H5N8+. The number of nitrogens with zero attached hydrogens (tertiary/aromatic N) is 6. The molecule has 0 aromatic heterocycles. The van der Waals surface area contributed by atoms with Gasteiger partial charge in [-0.2, -0.15) is 9.98 Å². The minimum atomic E-state index is -0.385. The fraction of sp³-hybridized carbons (Fsp3) is 0.200. The highest BCUT2D eigenvalue weighted by Crippen LogP contribution is 2.08. The Labute approximate surface area is 72.2 Å². The molecule has 0 aliphatic carbocycles. The van der Waals surface area contributed by atoms with E-state index < -0.39 is 0 Å². The Hall–Kier alpha value is -2.21. The minimum absolute atomic E-state index is 0.0352. The Morgan fingerprint density at radius 2 is 2.38 bits per heavy atom. The van der Waals surface area contributed by atoms with E-state index in [0.717, 1.165) is 0 Å². The van der Waals surface area contributed by atoms with Gasteiger partial charge in [0.2, 0.25) is 4.91 Å². The molecule has 13 heavy (non-hydrogen) atoms. The van der Waals surface area contributed by atoms with Crippen molar-refractivity contribution in [1.29, 1.82) is 5.53 Å². The van der Waals surface area contributed by atoms with Gasteiger partial charge in [0, 0.05) is 0 Å². The van der Waals surface area contributed by atoms with Crippen molar-refractivity contribution in [2.75, 3.05) is 0 Å². The molecule has 0 saturated heterocycles. The van der Waals surface area contributed by atoms with E-state index in [-0.39, 0.29) is 17.8 Å². The van der Waals surface area contributed by atoms with Gasteiger partial charge in [-0.1, -0.05) is 0 Å². The highest BCUT2D eigenvalue weighted by molar-refractivity contribution is 6.22. The van der Waals surface area contributed by atoms with Crippen LogP contribution in [0, 0.1) is 5.53 Å². The van der Waals surface area contributed by atoms with Crippen LogP contribution in [-0.2, 0) is 0 Å². The van der Waals surface area contributed by atoms with Crippen LogP contribution in [0.2, 0.25) is 0 Å². The zero-order valence-electron chi connectivity index (χ0n) is 6.42. The summed E-state index contributed by atoms with van der Waals surface area (Å²) in [6.45, 7) is 0. The van der Waals surface area contributed by atoms with Crippen molar-refractivity contribution >= 4 is 24.0 Å². The Kier molecular flexibility index (Phi) is 1.54. The maximum Gasteiger partial charge on any atom is 0.340 e. The average molecular weight is 177 g/mol. The molecule has 0 spiro atoms. The van der Waals surface area contributed by atoms with Gasteiger partial charge in [-0.15, -0.1) is 0 Å². The van der Waals surface area contributed by atoms with Crippen molar-refractivity contribution < 1.29 is 0 Å². The number of nitrogens with one attached hydrogen (secondary N) is 1. The highest BCUT2D eigenvalue weighted by Gasteiger charge is 2.27. The van der Waals surface area contributed by atoms with Gasteiger partial charge in [-0.05, 0) is 0 Å². The van der Waals surface area contributed by atoms with E-state index in [2.05, 4.69) is 30.0 Å². The monoisotopic (exact) mass is 177 g/mol. The van der Waals surface area contributed by atoms with Gasteiger partial charge in [0.05, 0.1) is 0 Å². The zero-order chi connectivity index (χ0) is 9.26. The summed E-state index contributed by atoms with van der Waals surface area (Å²) >= 11 is 0. The number of rotatable bonds is 0. The first kappa shape index (κ1) is 7.44. The fourth-order valence-corrected chi connectivity index (χ4v) is 0.989. The Morgan fingerprint density at radius 3 is 3.15 bits per heavy atom. The highest BCUT2D eigenvalue weighted by atomic mass is 15.3. The standard InChI is InChI=1S/C5H5N8/c6-3-2-4(9-1-8-2)11-5(10-3)12-13-7/h1-2,7H,(H2,6,8,9,10,11)/q+1. The number of fused-ring (bicyclic) bond motifs is 1. The van der Waals surface area contributed by atoms with Crippen LogP contribution in [0.5, 0.6) is 0 Å². The quantitative estimate of drug-likeness (QED) is 0.360. The summed E-state index contributed by atoms with van der Waals surface area (Å²) in [5.74, 6) is 0.743. The molecule has 2 rings (SSSR count). The second-order valence-electron chi connectivity index (χ2n) is 2.30. The Morgan fingerprint density at radius 1 is 1.54 bits per heavy atom. The molecule has 64 valence electrons. The van der Waals surface area contributed by atoms with Gasteiger partial charge < -0.3 is 5.73 Å². The summed E-state index contributed by atoms with van der Waals surface area (Å²) in [4.78, 5) is 18.2. The predicted octanol–water partition coefficient (Wildman–Crippen LogP) is -0.927. The summed E-state index contributed by atoms with van der Waals surface area (Å²) in [5, 5.41) is 3.33. The molecule has 0 aromatic rings. The Balaban J connectivity index is 2.42. The Bertz CT molecular complexity index is 406. The maximum absolute atomic E-state index is 6.49. The molecule has 2 aliphatic rings. The van der Waals surface area contributed by atoms with Gasteiger partial charge >= 0.3 is 5.96 Å². The third-order valence-electron chi connectivity index (χ3n) is 1.51. The van der Waals surface area contributed by atoms with Crippen LogP contribution in [0.4, 0.5) is 0 Å². The number of aliphatic imine (C=N–C) groups is 4. The summed E-state index contributed by atoms with van der Waals surface area (Å²) in [6, 6.07) is -0.385. The van der Waals surface area contributed by atoms with Gasteiger partial charge in [0.1, 0.15) is 17.7 Å². The lowest BCUT2D eigenvalue weighted by Crippen LogP contribution is -2.36. The first-order valence-electron chi connectivity index (χ1n) is 3.41. The summed E-state index contributed by atoms with van der Waals surface area (Å²) in [7, 11) is 0. The summed E-state index contributed by atoms with van der Waals surface area (Å²) in [6.07, 6.45) is 1.37. The lowest BCUT2D eigenvalue weighted by atomic mass is 10.2. The smallest absolute Gasteiger partial charge is 0.340 e. The molecule has 0 fully saturated rings. The first-order chi connectivity index (χ1) is 6.31. The van der Waals surface area contributed by atoms with Crippen LogP contribution >= 0.6 is 0 Å².